The standard InChI is InChI=1S/C20H18FN3O4S2/c21-14-5-3-13(4-6-14)18-22-19(28-23-18)16-7-9-30(26,27)20(16)11-24(12-20)17(25)10-15-2-1-8-29-15/h1-6,8,16H,7,9-12H2. The third-order valence-electron chi connectivity index (χ3n) is 5.95. The summed E-state index contributed by atoms with van der Waals surface area (Å²) in [6.45, 7) is 0.275. The van der Waals surface area contributed by atoms with E-state index < -0.39 is 20.5 Å². The van der Waals surface area contributed by atoms with Gasteiger partial charge in [-0.05, 0) is 42.1 Å². The van der Waals surface area contributed by atoms with Crippen molar-refractivity contribution in [1.82, 2.24) is 15.0 Å². The van der Waals surface area contributed by atoms with E-state index in [1.54, 1.807) is 17.0 Å². The maximum atomic E-state index is 13.2. The molecular formula is C20H18FN3O4S2. The van der Waals surface area contributed by atoms with Gasteiger partial charge in [0.15, 0.2) is 9.84 Å². The van der Waals surface area contributed by atoms with Crippen LogP contribution in [0.25, 0.3) is 11.4 Å². The highest BCUT2D eigenvalue weighted by Gasteiger charge is 2.64. The second-order valence-electron chi connectivity index (χ2n) is 7.69. The van der Waals surface area contributed by atoms with E-state index in [9.17, 15) is 17.6 Å². The third-order valence-corrected chi connectivity index (χ3v) is 9.38. The Labute approximate surface area is 176 Å². The van der Waals surface area contributed by atoms with Crippen molar-refractivity contribution in [3.05, 3.63) is 58.4 Å². The molecule has 1 amide bonds. The average Bonchev–Trinajstić information content (AvgIpc) is 3.39. The predicted octanol–water partition coefficient (Wildman–Crippen LogP) is 2.66. The van der Waals surface area contributed by atoms with E-state index in [4.69, 9.17) is 4.52 Å². The highest BCUT2D eigenvalue weighted by molar-refractivity contribution is 7.93. The maximum absolute atomic E-state index is 13.2. The number of halogens is 1. The largest absolute Gasteiger partial charge is 0.339 e. The van der Waals surface area contributed by atoms with Crippen molar-refractivity contribution in [2.75, 3.05) is 18.8 Å². The summed E-state index contributed by atoms with van der Waals surface area (Å²) in [5, 5.41) is 5.86. The molecule has 0 saturated carbocycles. The molecule has 7 nitrogen and oxygen atoms in total. The Morgan fingerprint density at radius 3 is 2.73 bits per heavy atom. The van der Waals surface area contributed by atoms with Gasteiger partial charge in [0, 0.05) is 23.5 Å². The Balaban J connectivity index is 1.37. The molecule has 1 spiro atoms. The molecular weight excluding hydrogens is 429 g/mol. The normalized spacial score (nSPS) is 21.6. The first-order valence-electron chi connectivity index (χ1n) is 9.50. The van der Waals surface area contributed by atoms with Crippen LogP contribution in [0.4, 0.5) is 4.39 Å². The Hall–Kier alpha value is -2.59. The molecule has 156 valence electrons. The maximum Gasteiger partial charge on any atom is 0.231 e. The fraction of sp³-hybridized carbons (Fsp3) is 0.350. The highest BCUT2D eigenvalue weighted by atomic mass is 32.2. The van der Waals surface area contributed by atoms with Crippen LogP contribution in [0.1, 0.15) is 23.1 Å². The summed E-state index contributed by atoms with van der Waals surface area (Å²) in [6, 6.07) is 9.46. The molecule has 5 rings (SSSR count). The van der Waals surface area contributed by atoms with Crippen LogP contribution in [0.2, 0.25) is 0 Å². The summed E-state index contributed by atoms with van der Waals surface area (Å²) in [6.07, 6.45) is 0.647. The molecule has 0 radical (unpaired) electrons. The van der Waals surface area contributed by atoms with Crippen LogP contribution in [0.5, 0.6) is 0 Å². The number of nitrogens with zero attached hydrogens (tertiary/aromatic N) is 3. The van der Waals surface area contributed by atoms with Gasteiger partial charge in [0.2, 0.25) is 17.6 Å². The van der Waals surface area contributed by atoms with Crippen molar-refractivity contribution in [2.45, 2.75) is 23.5 Å². The average molecular weight is 448 g/mol. The first-order valence-corrected chi connectivity index (χ1v) is 12.0. The Morgan fingerprint density at radius 2 is 2.03 bits per heavy atom. The fourth-order valence-electron chi connectivity index (χ4n) is 4.26. The molecule has 2 aliphatic heterocycles. The van der Waals surface area contributed by atoms with Gasteiger partial charge in [-0.2, -0.15) is 4.98 Å². The number of likely N-dealkylation sites (tertiary alicyclic amines) is 1. The summed E-state index contributed by atoms with van der Waals surface area (Å²) < 4.78 is 43.3. The third kappa shape index (κ3) is 3.05. The number of amides is 1. The predicted molar refractivity (Wildman–Crippen MR) is 108 cm³/mol. The number of thiophene rings is 1. The lowest BCUT2D eigenvalue weighted by Gasteiger charge is -2.49. The molecule has 0 N–H and O–H groups in total. The van der Waals surface area contributed by atoms with E-state index in [2.05, 4.69) is 10.1 Å². The van der Waals surface area contributed by atoms with Gasteiger partial charge in [-0.25, -0.2) is 12.8 Å². The van der Waals surface area contributed by atoms with Crippen LogP contribution in [-0.2, 0) is 21.1 Å². The smallest absolute Gasteiger partial charge is 0.231 e. The van der Waals surface area contributed by atoms with Gasteiger partial charge >= 0.3 is 0 Å². The number of hydrogen-bond acceptors (Lipinski definition) is 7. The van der Waals surface area contributed by atoms with Gasteiger partial charge in [0.25, 0.3) is 0 Å². The quantitative estimate of drug-likeness (QED) is 0.611. The molecule has 30 heavy (non-hydrogen) atoms. The molecule has 1 aromatic carbocycles. The van der Waals surface area contributed by atoms with E-state index in [1.807, 2.05) is 17.5 Å². The summed E-state index contributed by atoms with van der Waals surface area (Å²) in [5.74, 6) is -0.351. The minimum Gasteiger partial charge on any atom is -0.339 e. The van der Waals surface area contributed by atoms with E-state index in [0.29, 0.717) is 12.0 Å². The number of benzene rings is 1. The molecule has 2 saturated heterocycles. The molecule has 10 heteroatoms. The second kappa shape index (κ2) is 6.98. The van der Waals surface area contributed by atoms with Crippen molar-refractivity contribution in [3.8, 4) is 11.4 Å². The first-order chi connectivity index (χ1) is 14.4. The zero-order valence-electron chi connectivity index (χ0n) is 15.8. The highest BCUT2D eigenvalue weighted by Crippen LogP contribution is 2.49. The van der Waals surface area contributed by atoms with Crippen LogP contribution in [-0.4, -0.2) is 53.0 Å². The lowest BCUT2D eigenvalue weighted by Crippen LogP contribution is -2.67. The van der Waals surface area contributed by atoms with Crippen molar-refractivity contribution >= 4 is 27.1 Å². The number of carbonyl (C=O) groups is 1. The van der Waals surface area contributed by atoms with E-state index in [-0.39, 0.29) is 48.7 Å². The molecule has 3 aromatic rings. The number of carbonyl (C=O) groups excluding carboxylic acids is 1. The Bertz CT molecular complexity index is 1180. The molecule has 0 bridgehead atoms. The molecule has 1 atom stereocenters. The number of hydrogen-bond donors (Lipinski definition) is 0. The van der Waals surface area contributed by atoms with Gasteiger partial charge in [-0.1, -0.05) is 11.2 Å². The first kappa shape index (κ1) is 19.4. The lowest BCUT2D eigenvalue weighted by atomic mass is 9.83. The zero-order valence-corrected chi connectivity index (χ0v) is 17.5. The topological polar surface area (TPSA) is 93.4 Å². The summed E-state index contributed by atoms with van der Waals surface area (Å²) in [4.78, 5) is 19.5. The SMILES string of the molecule is O=C(Cc1cccs1)N1CC2(C1)C(c1nc(-c3ccc(F)cc3)no1)CCS2(=O)=O. The summed E-state index contributed by atoms with van der Waals surface area (Å²) >= 11 is 1.50. The second-order valence-corrected chi connectivity index (χ2v) is 11.2. The van der Waals surface area contributed by atoms with Crippen molar-refractivity contribution in [3.63, 3.8) is 0 Å². The lowest BCUT2D eigenvalue weighted by molar-refractivity contribution is -0.136. The van der Waals surface area contributed by atoms with Crippen molar-refractivity contribution < 1.29 is 22.1 Å². The summed E-state index contributed by atoms with van der Waals surface area (Å²) in [5.41, 5.74) is 0.586. The molecule has 2 aliphatic rings. The van der Waals surface area contributed by atoms with Crippen LogP contribution < -0.4 is 0 Å². The number of sulfone groups is 1. The van der Waals surface area contributed by atoms with Crippen molar-refractivity contribution in [2.24, 2.45) is 0 Å². The molecule has 2 aromatic heterocycles. The van der Waals surface area contributed by atoms with E-state index in [0.717, 1.165) is 4.88 Å². The van der Waals surface area contributed by atoms with E-state index in [1.165, 1.54) is 23.5 Å². The van der Waals surface area contributed by atoms with Crippen LogP contribution >= 0.6 is 11.3 Å². The zero-order chi connectivity index (χ0) is 20.9. The van der Waals surface area contributed by atoms with E-state index >= 15 is 0 Å². The molecule has 2 fully saturated rings. The van der Waals surface area contributed by atoms with Gasteiger partial charge in [-0.15, -0.1) is 11.3 Å². The van der Waals surface area contributed by atoms with Gasteiger partial charge in [-0.3, -0.25) is 4.79 Å². The van der Waals surface area contributed by atoms with Gasteiger partial charge in [0.1, 0.15) is 10.6 Å². The molecule has 4 heterocycles. The van der Waals surface area contributed by atoms with Gasteiger partial charge in [0.05, 0.1) is 18.1 Å². The van der Waals surface area contributed by atoms with Crippen LogP contribution in [0, 0.1) is 5.82 Å². The minimum atomic E-state index is -3.41. The monoisotopic (exact) mass is 447 g/mol. The molecule has 1 unspecified atom stereocenters. The van der Waals surface area contributed by atoms with Crippen LogP contribution in [0.3, 0.4) is 0 Å². The van der Waals surface area contributed by atoms with Gasteiger partial charge < -0.3 is 9.42 Å². The molecule has 0 aliphatic carbocycles. The van der Waals surface area contributed by atoms with Crippen molar-refractivity contribution in [1.29, 1.82) is 0 Å². The minimum absolute atomic E-state index is 0.0267. The number of aromatic nitrogens is 2. The Kier molecular flexibility index (Phi) is 4.51. The fourth-order valence-corrected chi connectivity index (χ4v) is 7.27. The van der Waals surface area contributed by atoms with Crippen LogP contribution in [0.15, 0.2) is 46.3 Å². The summed E-state index contributed by atoms with van der Waals surface area (Å²) in [7, 11) is -3.41. The number of rotatable bonds is 4. The Morgan fingerprint density at radius 1 is 1.27 bits per heavy atom.